The molecular weight excluding hydrogens is 314 g/mol. The third-order valence-electron chi connectivity index (χ3n) is 3.00. The molecule has 1 atom stereocenters. The van der Waals surface area contributed by atoms with Crippen LogP contribution in [0.5, 0.6) is 0 Å². The largest absolute Gasteiger partial charge is 0.479 e. The molecular formula is C14H17N7O3. The molecule has 0 aliphatic rings. The van der Waals surface area contributed by atoms with Gasteiger partial charge in [-0.25, -0.2) is 14.5 Å². The van der Waals surface area contributed by atoms with Gasteiger partial charge in [0.1, 0.15) is 12.2 Å². The van der Waals surface area contributed by atoms with Gasteiger partial charge in [0.25, 0.3) is 0 Å². The topological polar surface area (TPSA) is 162 Å². The fraction of sp³-hybridized carbons (Fsp3) is 0.214. The van der Waals surface area contributed by atoms with Crippen molar-refractivity contribution in [2.45, 2.75) is 19.1 Å². The summed E-state index contributed by atoms with van der Waals surface area (Å²) in [6, 6.07) is 7.28. The first-order chi connectivity index (χ1) is 11.5. The number of hydrogen-bond acceptors (Lipinski definition) is 5. The molecule has 2 aromatic rings. The van der Waals surface area contributed by atoms with Gasteiger partial charge < -0.3 is 21.9 Å². The van der Waals surface area contributed by atoms with Crippen molar-refractivity contribution < 1.29 is 14.7 Å². The third kappa shape index (κ3) is 4.80. The zero-order valence-corrected chi connectivity index (χ0v) is 12.7. The van der Waals surface area contributed by atoms with Gasteiger partial charge in [0.15, 0.2) is 12.0 Å². The van der Waals surface area contributed by atoms with Crippen LogP contribution in [0.4, 0.5) is 0 Å². The van der Waals surface area contributed by atoms with Gasteiger partial charge in [-0.15, -0.1) is 5.10 Å². The Balaban J connectivity index is 1.99. The zero-order valence-electron chi connectivity index (χ0n) is 12.7. The first-order valence-electron chi connectivity index (χ1n) is 6.97. The highest BCUT2D eigenvalue weighted by Crippen LogP contribution is 2.12. The molecule has 0 saturated carbocycles. The molecule has 1 amide bonds. The minimum Gasteiger partial charge on any atom is -0.479 e. The maximum absolute atomic E-state index is 12.0. The second kappa shape index (κ2) is 7.72. The van der Waals surface area contributed by atoms with Crippen LogP contribution in [0.3, 0.4) is 0 Å². The Hall–Kier alpha value is -3.43. The number of nitrogens with zero attached hydrogens (tertiary/aromatic N) is 4. The average Bonchev–Trinajstić information content (AvgIpc) is 2.98. The number of carbonyl (C=O) groups excluding carboxylic acids is 1. The smallest absolute Gasteiger partial charge is 0.330 e. The van der Waals surface area contributed by atoms with Gasteiger partial charge in [-0.2, -0.15) is 0 Å². The van der Waals surface area contributed by atoms with E-state index in [2.05, 4.69) is 20.6 Å². The van der Waals surface area contributed by atoms with Crippen molar-refractivity contribution in [3.63, 3.8) is 0 Å². The monoisotopic (exact) mass is 331 g/mol. The molecule has 1 heterocycles. The van der Waals surface area contributed by atoms with Crippen molar-refractivity contribution in [2.24, 2.45) is 16.5 Å². The van der Waals surface area contributed by atoms with Gasteiger partial charge in [0, 0.05) is 0 Å². The number of rotatable bonds is 7. The first kappa shape index (κ1) is 16.9. The van der Waals surface area contributed by atoms with Gasteiger partial charge in [0.2, 0.25) is 5.91 Å². The van der Waals surface area contributed by atoms with Crippen LogP contribution in [0, 0.1) is 0 Å². The Kier molecular flexibility index (Phi) is 5.45. The number of aliphatic carboxylic acids is 1. The number of carboxylic acid groups (broad SMARTS) is 1. The fourth-order valence-electron chi connectivity index (χ4n) is 1.95. The quantitative estimate of drug-likeness (QED) is 0.373. The second-order valence-corrected chi connectivity index (χ2v) is 4.90. The number of carbonyl (C=O) groups is 2. The van der Waals surface area contributed by atoms with E-state index >= 15 is 0 Å². The molecule has 126 valence electrons. The van der Waals surface area contributed by atoms with E-state index in [4.69, 9.17) is 11.5 Å². The standard InChI is InChI=1S/C14H17N7O3/c15-14(16)17-6-10-7-21(20-19-10)8-11(22)18-12(13(23)24)9-4-2-1-3-5-9/h1-5,7,12H,6,8H2,(H,18,22)(H,23,24)(H4,15,16,17)/t12-/m1/s1. The summed E-state index contributed by atoms with van der Waals surface area (Å²) in [7, 11) is 0. The van der Waals surface area contributed by atoms with Gasteiger partial charge in [-0.1, -0.05) is 35.5 Å². The van der Waals surface area contributed by atoms with Gasteiger partial charge in [-0.05, 0) is 5.56 Å². The summed E-state index contributed by atoms with van der Waals surface area (Å²) in [6.07, 6.45) is 1.50. The second-order valence-electron chi connectivity index (χ2n) is 4.90. The molecule has 0 aliphatic heterocycles. The summed E-state index contributed by atoms with van der Waals surface area (Å²) in [5.74, 6) is -1.74. The molecule has 0 radical (unpaired) electrons. The lowest BCUT2D eigenvalue weighted by molar-refractivity contribution is -0.142. The molecule has 1 aromatic carbocycles. The summed E-state index contributed by atoms with van der Waals surface area (Å²) in [6.45, 7) is -0.0306. The van der Waals surface area contributed by atoms with E-state index in [0.717, 1.165) is 0 Å². The van der Waals surface area contributed by atoms with Gasteiger partial charge >= 0.3 is 5.97 Å². The van der Waals surface area contributed by atoms with Crippen LogP contribution in [-0.2, 0) is 22.7 Å². The number of carboxylic acids is 1. The van der Waals surface area contributed by atoms with Crippen molar-refractivity contribution >= 4 is 17.8 Å². The molecule has 10 heteroatoms. The lowest BCUT2D eigenvalue weighted by atomic mass is 10.1. The molecule has 0 aliphatic carbocycles. The van der Waals surface area contributed by atoms with Crippen LogP contribution in [-0.4, -0.2) is 37.9 Å². The van der Waals surface area contributed by atoms with Crippen molar-refractivity contribution in [3.05, 3.63) is 47.8 Å². The number of nitrogens with one attached hydrogen (secondary N) is 1. The highest BCUT2D eigenvalue weighted by atomic mass is 16.4. The first-order valence-corrected chi connectivity index (χ1v) is 6.97. The van der Waals surface area contributed by atoms with Crippen LogP contribution < -0.4 is 16.8 Å². The Morgan fingerprint density at radius 2 is 2.00 bits per heavy atom. The molecule has 6 N–H and O–H groups in total. The molecule has 0 unspecified atom stereocenters. The number of hydrogen-bond donors (Lipinski definition) is 4. The maximum Gasteiger partial charge on any atom is 0.330 e. The zero-order chi connectivity index (χ0) is 17.5. The lowest BCUT2D eigenvalue weighted by Gasteiger charge is -2.14. The molecule has 0 spiro atoms. The third-order valence-corrected chi connectivity index (χ3v) is 3.00. The molecule has 0 saturated heterocycles. The van der Waals surface area contributed by atoms with E-state index in [1.165, 1.54) is 10.9 Å². The van der Waals surface area contributed by atoms with Crippen molar-refractivity contribution in [1.29, 1.82) is 0 Å². The highest BCUT2D eigenvalue weighted by Gasteiger charge is 2.22. The van der Waals surface area contributed by atoms with Crippen LogP contribution in [0.2, 0.25) is 0 Å². The summed E-state index contributed by atoms with van der Waals surface area (Å²) in [4.78, 5) is 27.2. The molecule has 24 heavy (non-hydrogen) atoms. The van der Waals surface area contributed by atoms with Crippen LogP contribution in [0.25, 0.3) is 0 Å². The molecule has 10 nitrogen and oxygen atoms in total. The van der Waals surface area contributed by atoms with Gasteiger partial charge in [0.05, 0.1) is 12.7 Å². The minimum atomic E-state index is -1.15. The maximum atomic E-state index is 12.0. The SMILES string of the molecule is NC(N)=NCc1cn(CC(=O)N[C@@H](C(=O)O)c2ccccc2)nn1. The van der Waals surface area contributed by atoms with E-state index in [0.29, 0.717) is 11.3 Å². The fourth-order valence-corrected chi connectivity index (χ4v) is 1.95. The number of nitrogens with two attached hydrogens (primary N) is 2. The number of guanidine groups is 1. The molecule has 0 fully saturated rings. The number of aromatic nitrogens is 3. The van der Waals surface area contributed by atoms with Crippen LogP contribution in [0.15, 0.2) is 41.5 Å². The molecule has 0 bridgehead atoms. The highest BCUT2D eigenvalue weighted by molar-refractivity contribution is 5.84. The van der Waals surface area contributed by atoms with E-state index in [-0.39, 0.29) is 19.0 Å². The Bertz CT molecular complexity index is 738. The minimum absolute atomic E-state index is 0.0746. The van der Waals surface area contributed by atoms with Crippen molar-refractivity contribution in [3.8, 4) is 0 Å². The van der Waals surface area contributed by atoms with E-state index in [9.17, 15) is 14.7 Å². The lowest BCUT2D eigenvalue weighted by Crippen LogP contribution is -2.36. The summed E-state index contributed by atoms with van der Waals surface area (Å²) in [5.41, 5.74) is 11.4. The Labute approximate surface area is 137 Å². The molecule has 1 aromatic heterocycles. The average molecular weight is 331 g/mol. The number of aliphatic imine (C=N–C) groups is 1. The normalized spacial score (nSPS) is 11.5. The predicted molar refractivity (Wildman–Crippen MR) is 84.5 cm³/mol. The summed E-state index contributed by atoms with van der Waals surface area (Å²) in [5, 5.41) is 19.3. The molecule has 2 rings (SSSR count). The van der Waals surface area contributed by atoms with Crippen LogP contribution in [0.1, 0.15) is 17.3 Å². The summed E-state index contributed by atoms with van der Waals surface area (Å²) >= 11 is 0. The van der Waals surface area contributed by atoms with Crippen molar-refractivity contribution in [2.75, 3.05) is 0 Å². The van der Waals surface area contributed by atoms with E-state index in [1.54, 1.807) is 30.3 Å². The summed E-state index contributed by atoms with van der Waals surface area (Å²) < 4.78 is 1.27. The number of amides is 1. The van der Waals surface area contributed by atoms with E-state index in [1.807, 2.05) is 0 Å². The van der Waals surface area contributed by atoms with Crippen LogP contribution >= 0.6 is 0 Å². The van der Waals surface area contributed by atoms with Gasteiger partial charge in [-0.3, -0.25) is 4.79 Å². The predicted octanol–water partition coefficient (Wildman–Crippen LogP) is -1.01. The number of benzene rings is 1. The van der Waals surface area contributed by atoms with Crippen molar-refractivity contribution in [1.82, 2.24) is 20.3 Å². The Morgan fingerprint density at radius 3 is 2.62 bits per heavy atom. The van der Waals surface area contributed by atoms with E-state index < -0.39 is 17.9 Å². The Morgan fingerprint density at radius 1 is 1.29 bits per heavy atom.